The normalized spacial score (nSPS) is 23.1. The number of sulfonamides is 1. The highest BCUT2D eigenvalue weighted by Crippen LogP contribution is 2.43. The Morgan fingerprint density at radius 3 is 2.43 bits per heavy atom. The zero-order chi connectivity index (χ0) is 32.4. The van der Waals surface area contributed by atoms with Crippen LogP contribution < -0.4 is 14.5 Å². The van der Waals surface area contributed by atoms with E-state index in [4.69, 9.17) is 4.98 Å². The molecule has 1 saturated carbocycles. The van der Waals surface area contributed by atoms with Gasteiger partial charge in [-0.25, -0.2) is 23.1 Å². The second-order valence-corrected chi connectivity index (χ2v) is 15.3. The molecule has 1 aliphatic carbocycles. The topological polar surface area (TPSA) is 150 Å². The van der Waals surface area contributed by atoms with Crippen LogP contribution in [0.15, 0.2) is 48.0 Å². The zero-order valence-electron chi connectivity index (χ0n) is 25.8. The summed E-state index contributed by atoms with van der Waals surface area (Å²) in [5, 5.41) is 12.1. The maximum atomic E-state index is 14.3. The fourth-order valence-corrected chi connectivity index (χ4v) is 9.03. The predicted octanol–water partition coefficient (Wildman–Crippen LogP) is 4.94. The largest absolute Gasteiger partial charge is 0.481 e. The van der Waals surface area contributed by atoms with E-state index in [1.807, 2.05) is 41.8 Å². The number of carboxylic acid groups (broad SMARTS) is 1. The summed E-state index contributed by atoms with van der Waals surface area (Å²) in [6.07, 6.45) is 9.02. The summed E-state index contributed by atoms with van der Waals surface area (Å²) >= 11 is 1.28. The van der Waals surface area contributed by atoms with E-state index < -0.39 is 28.0 Å². The Morgan fingerprint density at radius 2 is 1.78 bits per heavy atom. The molecule has 2 aromatic heterocycles. The van der Waals surface area contributed by atoms with Crippen LogP contribution in [0, 0.1) is 17.8 Å². The number of carbonyl (C=O) groups excluding carboxylic acids is 2. The summed E-state index contributed by atoms with van der Waals surface area (Å²) in [6.45, 7) is 0.725. The molecule has 11 nitrogen and oxygen atoms in total. The third-order valence-electron chi connectivity index (χ3n) is 9.47. The molecule has 244 valence electrons. The minimum atomic E-state index is -3.56. The van der Waals surface area contributed by atoms with Gasteiger partial charge in [-0.2, -0.15) is 0 Å². The van der Waals surface area contributed by atoms with Crippen LogP contribution in [0.3, 0.4) is 0 Å². The van der Waals surface area contributed by atoms with Crippen molar-refractivity contribution in [3.8, 4) is 22.4 Å². The van der Waals surface area contributed by atoms with Crippen LogP contribution in [0.4, 0.5) is 10.9 Å². The molecule has 13 heteroatoms. The number of anilines is 2. The number of nitrogens with zero attached hydrogens (tertiary/aromatic N) is 4. The Balaban J connectivity index is 1.33. The highest BCUT2D eigenvalue weighted by Gasteiger charge is 2.42. The van der Waals surface area contributed by atoms with Gasteiger partial charge in [0.05, 0.1) is 24.3 Å². The van der Waals surface area contributed by atoms with Crippen molar-refractivity contribution in [2.24, 2.45) is 17.8 Å². The lowest BCUT2D eigenvalue weighted by Crippen LogP contribution is -2.51. The maximum absolute atomic E-state index is 14.3. The molecule has 3 fully saturated rings. The first-order chi connectivity index (χ1) is 22.1. The molecule has 2 aliphatic heterocycles. The van der Waals surface area contributed by atoms with Gasteiger partial charge in [0.1, 0.15) is 5.82 Å². The van der Waals surface area contributed by atoms with E-state index >= 15 is 0 Å². The lowest BCUT2D eigenvalue weighted by atomic mass is 9.74. The molecule has 2 amide bonds. The van der Waals surface area contributed by atoms with Crippen molar-refractivity contribution >= 4 is 50.1 Å². The van der Waals surface area contributed by atoms with Gasteiger partial charge in [0.2, 0.25) is 21.8 Å². The van der Waals surface area contributed by atoms with Crippen LogP contribution in [0.2, 0.25) is 0 Å². The van der Waals surface area contributed by atoms with Crippen molar-refractivity contribution in [2.45, 2.75) is 63.8 Å². The monoisotopic (exact) mass is 665 g/mol. The van der Waals surface area contributed by atoms with Crippen LogP contribution in [-0.4, -0.2) is 66.7 Å². The molecule has 3 aromatic rings. The average Bonchev–Trinajstić information content (AvgIpc) is 3.81. The standard InChI is InChI=1S/C33H39N5O6S2/c1-46(43,44)36-23-13-14-25(21-7-2-3-8-21)27(17-31(40)41)32(42)38(19-23)33-35-28(20-45-33)26-10-5-4-9-24(26)22-12-15-29(34-18-22)37-16-6-11-30(37)39/h4-5,9-10,12,15,18,20-21,23,25,27,36H,2-3,6-8,11,13-14,16-17,19H2,1H3,(H,40,41)/t23-,25+,27+/m1/s1. The van der Waals surface area contributed by atoms with Crippen LogP contribution in [-0.2, 0) is 24.4 Å². The molecule has 4 heterocycles. The van der Waals surface area contributed by atoms with Gasteiger partial charge in [0.25, 0.3) is 0 Å². The zero-order valence-corrected chi connectivity index (χ0v) is 27.4. The Hall–Kier alpha value is -3.68. The number of hydrogen-bond donors (Lipinski definition) is 2. The highest BCUT2D eigenvalue weighted by molar-refractivity contribution is 7.88. The van der Waals surface area contributed by atoms with E-state index in [2.05, 4.69) is 9.71 Å². The molecular weight excluding hydrogens is 627 g/mol. The summed E-state index contributed by atoms with van der Waals surface area (Å²) in [5.74, 6) is -1.27. The number of benzene rings is 1. The predicted molar refractivity (Wildman–Crippen MR) is 177 cm³/mol. The molecule has 46 heavy (non-hydrogen) atoms. The maximum Gasteiger partial charge on any atom is 0.304 e. The van der Waals surface area contributed by atoms with Crippen LogP contribution in [0.25, 0.3) is 22.4 Å². The number of amides is 2. The van der Waals surface area contributed by atoms with E-state index in [1.54, 1.807) is 11.1 Å². The first-order valence-corrected chi connectivity index (χ1v) is 18.7. The number of aromatic nitrogens is 2. The van der Waals surface area contributed by atoms with E-state index in [0.29, 0.717) is 42.5 Å². The van der Waals surface area contributed by atoms with Crippen molar-refractivity contribution in [3.63, 3.8) is 0 Å². The number of carboxylic acids is 1. The number of hydrogen-bond acceptors (Lipinski definition) is 8. The summed E-state index contributed by atoms with van der Waals surface area (Å²) in [7, 11) is -3.56. The van der Waals surface area contributed by atoms with Crippen LogP contribution >= 0.6 is 11.3 Å². The summed E-state index contributed by atoms with van der Waals surface area (Å²) in [4.78, 5) is 51.2. The van der Waals surface area contributed by atoms with Crippen molar-refractivity contribution in [2.75, 3.05) is 29.1 Å². The Morgan fingerprint density at radius 1 is 1.02 bits per heavy atom. The van der Waals surface area contributed by atoms with Crippen molar-refractivity contribution in [3.05, 3.63) is 48.0 Å². The second-order valence-electron chi connectivity index (χ2n) is 12.6. The fourth-order valence-electron chi connectivity index (χ4n) is 7.39. The third-order valence-corrected chi connectivity index (χ3v) is 11.1. The van der Waals surface area contributed by atoms with Crippen LogP contribution in [0.1, 0.15) is 57.8 Å². The number of rotatable bonds is 9. The van der Waals surface area contributed by atoms with Gasteiger partial charge < -0.3 is 5.11 Å². The van der Waals surface area contributed by atoms with E-state index in [9.17, 15) is 27.9 Å². The minimum Gasteiger partial charge on any atom is -0.481 e. The first kappa shape index (κ1) is 32.3. The van der Waals surface area contributed by atoms with Crippen LogP contribution in [0.5, 0.6) is 0 Å². The smallest absolute Gasteiger partial charge is 0.304 e. The summed E-state index contributed by atoms with van der Waals surface area (Å²) in [6, 6.07) is 11.0. The quantitative estimate of drug-likeness (QED) is 0.326. The second kappa shape index (κ2) is 13.6. The molecule has 6 rings (SSSR count). The molecule has 2 saturated heterocycles. The molecule has 1 aromatic carbocycles. The lowest BCUT2D eigenvalue weighted by Gasteiger charge is -2.38. The lowest BCUT2D eigenvalue weighted by molar-refractivity contribution is -0.142. The molecule has 0 unspecified atom stereocenters. The van der Waals surface area contributed by atoms with Gasteiger partial charge in [-0.1, -0.05) is 49.9 Å². The molecule has 0 radical (unpaired) electrons. The molecule has 0 bridgehead atoms. The molecular formula is C33H39N5O6S2. The molecule has 2 N–H and O–H groups in total. The van der Waals surface area contributed by atoms with Crippen molar-refractivity contribution in [1.29, 1.82) is 0 Å². The SMILES string of the molecule is CS(=O)(=O)N[C@@H]1CC[C@@H](C2CCCC2)[C@H](CC(=O)O)C(=O)N(c2nc(-c3ccccc3-c3ccc(N4CCCC4=O)nc3)cs2)C1. The van der Waals surface area contributed by atoms with Gasteiger partial charge in [-0.15, -0.1) is 11.3 Å². The van der Waals surface area contributed by atoms with E-state index in [0.717, 1.165) is 55.1 Å². The van der Waals surface area contributed by atoms with Gasteiger partial charge >= 0.3 is 5.97 Å². The van der Waals surface area contributed by atoms with E-state index in [1.165, 1.54) is 16.2 Å². The van der Waals surface area contributed by atoms with Gasteiger partial charge in [0.15, 0.2) is 5.13 Å². The van der Waals surface area contributed by atoms with E-state index in [-0.39, 0.29) is 36.6 Å². The third kappa shape index (κ3) is 7.16. The number of nitrogens with one attached hydrogen (secondary N) is 1. The van der Waals surface area contributed by atoms with Gasteiger partial charge in [-0.3, -0.25) is 24.2 Å². The first-order valence-electron chi connectivity index (χ1n) is 15.9. The highest BCUT2D eigenvalue weighted by atomic mass is 32.2. The Labute approximate surface area is 273 Å². The van der Waals surface area contributed by atoms with Crippen molar-refractivity contribution < 1.29 is 27.9 Å². The Bertz CT molecular complexity index is 1700. The number of aliphatic carboxylic acids is 1. The van der Waals surface area contributed by atoms with Gasteiger partial charge in [0, 0.05) is 48.3 Å². The Kier molecular flexibility index (Phi) is 9.53. The number of pyridine rings is 1. The molecule has 3 aliphatic rings. The molecule has 0 spiro atoms. The summed E-state index contributed by atoms with van der Waals surface area (Å²) in [5.41, 5.74) is 3.19. The number of thiazole rings is 1. The van der Waals surface area contributed by atoms with Crippen molar-refractivity contribution in [1.82, 2.24) is 14.7 Å². The summed E-state index contributed by atoms with van der Waals surface area (Å²) < 4.78 is 27.3. The van der Waals surface area contributed by atoms with Gasteiger partial charge in [-0.05, 0) is 48.8 Å². The number of carbonyl (C=O) groups is 3. The average molecular weight is 666 g/mol. The minimum absolute atomic E-state index is 0.0641. The fraction of sp³-hybridized carbons (Fsp3) is 0.485. The molecule has 3 atom stereocenters.